The molecule has 1 heterocycles. The van der Waals surface area contributed by atoms with E-state index in [9.17, 15) is 9.90 Å². The number of nitrogens with zero attached hydrogens (tertiary/aromatic N) is 1. The minimum atomic E-state index is -0.875. The minimum absolute atomic E-state index is 0.0296. The molecule has 3 N–H and O–H groups in total. The Kier molecular flexibility index (Phi) is 4.99. The lowest BCUT2D eigenvalue weighted by atomic mass is 9.98. The van der Waals surface area contributed by atoms with Crippen molar-refractivity contribution in [3.63, 3.8) is 0 Å². The Morgan fingerprint density at radius 3 is 2.50 bits per heavy atom. The summed E-state index contributed by atoms with van der Waals surface area (Å²) < 4.78 is 0. The van der Waals surface area contributed by atoms with Crippen molar-refractivity contribution in [1.82, 2.24) is 4.98 Å². The quantitative estimate of drug-likeness (QED) is 0.624. The second-order valence-corrected chi connectivity index (χ2v) is 5.81. The third-order valence-electron chi connectivity index (χ3n) is 3.94. The average molecular weight is 346 g/mol. The Hall–Kier alpha value is -3.60. The Morgan fingerprint density at radius 2 is 1.85 bits per heavy atom. The zero-order chi connectivity index (χ0) is 18.5. The fourth-order valence-corrected chi connectivity index (χ4v) is 2.68. The number of carboxylic acid groups (broad SMARTS) is 1. The van der Waals surface area contributed by atoms with Crippen molar-refractivity contribution < 1.29 is 15.0 Å². The van der Waals surface area contributed by atoms with Gasteiger partial charge in [-0.1, -0.05) is 43.0 Å². The van der Waals surface area contributed by atoms with Gasteiger partial charge in [0, 0.05) is 23.0 Å². The van der Waals surface area contributed by atoms with E-state index in [1.807, 2.05) is 24.3 Å². The van der Waals surface area contributed by atoms with E-state index in [1.54, 1.807) is 42.7 Å². The molecule has 3 rings (SSSR count). The molecule has 0 aliphatic heterocycles. The maximum Gasteiger partial charge on any atom is 0.307 e. The van der Waals surface area contributed by atoms with E-state index >= 15 is 0 Å². The van der Waals surface area contributed by atoms with Crippen LogP contribution in [0.25, 0.3) is 16.8 Å². The second kappa shape index (κ2) is 7.53. The molecule has 5 heteroatoms. The van der Waals surface area contributed by atoms with Crippen LogP contribution in [0.5, 0.6) is 5.75 Å². The Labute approximate surface area is 151 Å². The number of carbonyl (C=O) groups is 1. The Balaban J connectivity index is 1.87. The molecule has 0 amide bonds. The van der Waals surface area contributed by atoms with Gasteiger partial charge in [-0.2, -0.15) is 0 Å². The SMILES string of the molecule is C=C(Nc1cccnc1)c1cccc(-c2ccc(CC(=O)O)cc2)c1O. The molecule has 3 aromatic rings. The molecular formula is C21H18N2O3. The summed E-state index contributed by atoms with van der Waals surface area (Å²) in [5.41, 5.74) is 4.08. The molecular weight excluding hydrogens is 328 g/mol. The molecule has 0 aliphatic rings. The fourth-order valence-electron chi connectivity index (χ4n) is 2.68. The topological polar surface area (TPSA) is 82.5 Å². The fraction of sp³-hybridized carbons (Fsp3) is 0.0476. The molecule has 5 nitrogen and oxygen atoms in total. The van der Waals surface area contributed by atoms with Gasteiger partial charge < -0.3 is 15.5 Å². The number of nitrogens with one attached hydrogen (secondary N) is 1. The molecule has 26 heavy (non-hydrogen) atoms. The highest BCUT2D eigenvalue weighted by Gasteiger charge is 2.12. The van der Waals surface area contributed by atoms with Crippen molar-refractivity contribution in [2.45, 2.75) is 6.42 Å². The van der Waals surface area contributed by atoms with Crippen LogP contribution in [0.15, 0.2) is 73.6 Å². The minimum Gasteiger partial charge on any atom is -0.507 e. The first-order valence-corrected chi connectivity index (χ1v) is 8.04. The van der Waals surface area contributed by atoms with Gasteiger partial charge in [-0.15, -0.1) is 0 Å². The highest BCUT2D eigenvalue weighted by Crippen LogP contribution is 2.35. The number of pyridine rings is 1. The van der Waals surface area contributed by atoms with Gasteiger partial charge in [0.05, 0.1) is 18.3 Å². The van der Waals surface area contributed by atoms with Crippen LogP contribution in [0, 0.1) is 0 Å². The first-order chi connectivity index (χ1) is 12.5. The Bertz CT molecular complexity index is 935. The molecule has 0 saturated heterocycles. The predicted molar refractivity (Wildman–Crippen MR) is 102 cm³/mol. The molecule has 0 bridgehead atoms. The summed E-state index contributed by atoms with van der Waals surface area (Å²) in [7, 11) is 0. The molecule has 0 atom stereocenters. The zero-order valence-electron chi connectivity index (χ0n) is 14.0. The zero-order valence-corrected chi connectivity index (χ0v) is 14.0. The summed E-state index contributed by atoms with van der Waals surface area (Å²) in [6, 6.07) is 16.2. The number of para-hydroxylation sites is 1. The normalized spacial score (nSPS) is 10.3. The van der Waals surface area contributed by atoms with Crippen molar-refractivity contribution in [2.75, 3.05) is 5.32 Å². The van der Waals surface area contributed by atoms with Crippen LogP contribution in [-0.4, -0.2) is 21.2 Å². The lowest BCUT2D eigenvalue weighted by Gasteiger charge is -2.14. The predicted octanol–water partition coefficient (Wildman–Crippen LogP) is 4.16. The summed E-state index contributed by atoms with van der Waals surface area (Å²) >= 11 is 0. The standard InChI is InChI=1S/C21H18N2O3/c1-14(23-17-4-3-11-22-13-17)18-5-2-6-19(21(18)26)16-9-7-15(8-10-16)12-20(24)25/h2-11,13,23,26H,1,12H2,(H,24,25). The van der Waals surface area contributed by atoms with Gasteiger partial charge in [0.25, 0.3) is 0 Å². The van der Waals surface area contributed by atoms with Gasteiger partial charge in [0.2, 0.25) is 0 Å². The number of benzene rings is 2. The van der Waals surface area contributed by atoms with Gasteiger partial charge >= 0.3 is 5.97 Å². The van der Waals surface area contributed by atoms with Crippen LogP contribution in [0.4, 0.5) is 5.69 Å². The number of anilines is 1. The third-order valence-corrected chi connectivity index (χ3v) is 3.94. The molecule has 0 spiro atoms. The van der Waals surface area contributed by atoms with Crippen molar-refractivity contribution in [1.29, 1.82) is 0 Å². The first-order valence-electron chi connectivity index (χ1n) is 8.04. The average Bonchev–Trinajstić information content (AvgIpc) is 2.63. The molecule has 0 fully saturated rings. The van der Waals surface area contributed by atoms with Gasteiger partial charge in [-0.05, 0) is 29.3 Å². The highest BCUT2D eigenvalue weighted by atomic mass is 16.4. The number of carboxylic acids is 1. The second-order valence-electron chi connectivity index (χ2n) is 5.81. The molecule has 0 aliphatic carbocycles. The van der Waals surface area contributed by atoms with Crippen LogP contribution in [-0.2, 0) is 11.2 Å². The molecule has 1 aromatic heterocycles. The third kappa shape index (κ3) is 3.89. The number of aromatic hydroxyl groups is 1. The summed E-state index contributed by atoms with van der Waals surface area (Å²) in [6.07, 6.45) is 3.32. The van der Waals surface area contributed by atoms with E-state index in [0.29, 0.717) is 22.4 Å². The van der Waals surface area contributed by atoms with Crippen molar-refractivity contribution in [2.24, 2.45) is 0 Å². The number of aromatic nitrogens is 1. The van der Waals surface area contributed by atoms with Crippen LogP contribution in [0.1, 0.15) is 11.1 Å². The number of phenols is 1. The van der Waals surface area contributed by atoms with E-state index in [1.165, 1.54) is 0 Å². The monoisotopic (exact) mass is 346 g/mol. The van der Waals surface area contributed by atoms with E-state index in [4.69, 9.17) is 5.11 Å². The lowest BCUT2D eigenvalue weighted by Crippen LogP contribution is -2.00. The van der Waals surface area contributed by atoms with Gasteiger partial charge in [-0.25, -0.2) is 0 Å². The van der Waals surface area contributed by atoms with Gasteiger partial charge in [0.1, 0.15) is 5.75 Å². The van der Waals surface area contributed by atoms with E-state index in [2.05, 4.69) is 16.9 Å². The molecule has 0 saturated carbocycles. The molecule has 130 valence electrons. The summed E-state index contributed by atoms with van der Waals surface area (Å²) in [6.45, 7) is 4.00. The van der Waals surface area contributed by atoms with Crippen molar-refractivity contribution in [3.8, 4) is 16.9 Å². The van der Waals surface area contributed by atoms with Crippen molar-refractivity contribution in [3.05, 3.63) is 84.7 Å². The maximum atomic E-state index is 10.8. The number of hydrogen-bond acceptors (Lipinski definition) is 4. The van der Waals surface area contributed by atoms with Gasteiger partial charge in [0.15, 0.2) is 0 Å². The summed E-state index contributed by atoms with van der Waals surface area (Å²) in [5.74, 6) is -0.764. The number of rotatable bonds is 6. The Morgan fingerprint density at radius 1 is 1.08 bits per heavy atom. The van der Waals surface area contributed by atoms with Crippen LogP contribution < -0.4 is 5.32 Å². The smallest absolute Gasteiger partial charge is 0.307 e. The highest BCUT2D eigenvalue weighted by molar-refractivity contribution is 5.84. The summed E-state index contributed by atoms with van der Waals surface area (Å²) in [5, 5.41) is 22.7. The van der Waals surface area contributed by atoms with Crippen LogP contribution in [0.2, 0.25) is 0 Å². The summed E-state index contributed by atoms with van der Waals surface area (Å²) in [4.78, 5) is 14.8. The first kappa shape index (κ1) is 17.2. The largest absolute Gasteiger partial charge is 0.507 e. The van der Waals surface area contributed by atoms with Crippen LogP contribution in [0.3, 0.4) is 0 Å². The number of aliphatic carboxylic acids is 1. The molecule has 0 radical (unpaired) electrons. The lowest BCUT2D eigenvalue weighted by molar-refractivity contribution is -0.136. The number of phenolic OH excluding ortho intramolecular Hbond substituents is 1. The maximum absolute atomic E-state index is 10.8. The number of hydrogen-bond donors (Lipinski definition) is 3. The van der Waals surface area contributed by atoms with E-state index in [0.717, 1.165) is 11.3 Å². The van der Waals surface area contributed by atoms with E-state index < -0.39 is 5.97 Å². The van der Waals surface area contributed by atoms with Crippen LogP contribution >= 0.6 is 0 Å². The molecule has 0 unspecified atom stereocenters. The van der Waals surface area contributed by atoms with Gasteiger partial charge in [-0.3, -0.25) is 9.78 Å². The molecule has 2 aromatic carbocycles. The van der Waals surface area contributed by atoms with Crippen molar-refractivity contribution >= 4 is 17.4 Å². The van der Waals surface area contributed by atoms with E-state index in [-0.39, 0.29) is 12.2 Å².